The lowest BCUT2D eigenvalue weighted by atomic mass is 10.1. The molecular weight excluding hydrogens is 320 g/mol. The van der Waals surface area contributed by atoms with E-state index in [2.05, 4.69) is 65.9 Å². The van der Waals surface area contributed by atoms with Crippen LogP contribution in [0, 0.1) is 5.92 Å². The molecule has 26 heavy (non-hydrogen) atoms. The van der Waals surface area contributed by atoms with Crippen molar-refractivity contribution in [2.45, 2.75) is 33.2 Å². The van der Waals surface area contributed by atoms with E-state index in [9.17, 15) is 0 Å². The highest BCUT2D eigenvalue weighted by atomic mass is 15.1. The van der Waals surface area contributed by atoms with Crippen LogP contribution in [0.15, 0.2) is 54.6 Å². The lowest BCUT2D eigenvalue weighted by molar-refractivity contribution is 0.516. The molecule has 0 aliphatic rings. The zero-order valence-electron chi connectivity index (χ0n) is 15.3. The number of rotatable bonds is 5. The number of anilines is 1. The van der Waals surface area contributed by atoms with Gasteiger partial charge in [0.05, 0.1) is 11.0 Å². The Morgan fingerprint density at radius 1 is 0.923 bits per heavy atom. The fourth-order valence-corrected chi connectivity index (χ4v) is 3.56. The Labute approximate surface area is 153 Å². The van der Waals surface area contributed by atoms with E-state index in [-0.39, 0.29) is 0 Å². The third-order valence-electron chi connectivity index (χ3n) is 4.72. The van der Waals surface area contributed by atoms with Gasteiger partial charge in [-0.2, -0.15) is 0 Å². The van der Waals surface area contributed by atoms with Crippen LogP contribution in [0.5, 0.6) is 0 Å². The standard InChI is InChI=1S/C22H24N4/c1-15(2)14-26-19(13-12-16-8-4-3-5-9-16)25-20-21(26)17-10-6-7-11-18(17)24-22(20)23/h3-11,15H,12-14H2,1-2H3,(H2,23,24). The number of benzene rings is 2. The van der Waals surface area contributed by atoms with Crippen LogP contribution < -0.4 is 5.73 Å². The molecule has 0 radical (unpaired) electrons. The first-order valence-corrected chi connectivity index (χ1v) is 9.20. The van der Waals surface area contributed by atoms with E-state index in [4.69, 9.17) is 10.7 Å². The van der Waals surface area contributed by atoms with Gasteiger partial charge in [-0.25, -0.2) is 9.97 Å². The number of imidazole rings is 1. The maximum atomic E-state index is 6.26. The molecule has 132 valence electrons. The van der Waals surface area contributed by atoms with E-state index >= 15 is 0 Å². The van der Waals surface area contributed by atoms with Gasteiger partial charge in [-0.3, -0.25) is 0 Å². The average Bonchev–Trinajstić information content (AvgIpc) is 3.00. The Balaban J connectivity index is 1.86. The minimum Gasteiger partial charge on any atom is -0.382 e. The summed E-state index contributed by atoms with van der Waals surface area (Å²) in [6, 6.07) is 18.7. The molecule has 0 bridgehead atoms. The molecule has 4 heteroatoms. The first-order chi connectivity index (χ1) is 12.6. The van der Waals surface area contributed by atoms with Crippen LogP contribution in [0.4, 0.5) is 5.82 Å². The molecule has 0 amide bonds. The maximum Gasteiger partial charge on any atom is 0.152 e. The second kappa shape index (κ2) is 6.79. The van der Waals surface area contributed by atoms with Gasteiger partial charge < -0.3 is 10.3 Å². The highest BCUT2D eigenvalue weighted by molar-refractivity contribution is 6.06. The molecule has 0 atom stereocenters. The van der Waals surface area contributed by atoms with Crippen molar-refractivity contribution in [1.29, 1.82) is 0 Å². The summed E-state index contributed by atoms with van der Waals surface area (Å²) in [5.41, 5.74) is 10.5. The van der Waals surface area contributed by atoms with Gasteiger partial charge in [0.15, 0.2) is 5.82 Å². The van der Waals surface area contributed by atoms with Crippen LogP contribution in [-0.2, 0) is 19.4 Å². The summed E-state index contributed by atoms with van der Waals surface area (Å²) in [4.78, 5) is 9.46. The third kappa shape index (κ3) is 3.03. The van der Waals surface area contributed by atoms with Gasteiger partial charge in [-0.1, -0.05) is 62.4 Å². The molecule has 0 spiro atoms. The zero-order valence-corrected chi connectivity index (χ0v) is 15.3. The zero-order chi connectivity index (χ0) is 18.1. The van der Waals surface area contributed by atoms with Crippen LogP contribution in [0.1, 0.15) is 25.2 Å². The summed E-state index contributed by atoms with van der Waals surface area (Å²) >= 11 is 0. The van der Waals surface area contributed by atoms with Crippen molar-refractivity contribution in [2.24, 2.45) is 5.92 Å². The summed E-state index contributed by atoms with van der Waals surface area (Å²) in [7, 11) is 0. The minimum absolute atomic E-state index is 0.516. The first-order valence-electron chi connectivity index (χ1n) is 9.20. The number of nitrogens with zero attached hydrogens (tertiary/aromatic N) is 3. The molecule has 4 rings (SSSR count). The molecule has 2 aromatic carbocycles. The maximum absolute atomic E-state index is 6.26. The van der Waals surface area contributed by atoms with Crippen molar-refractivity contribution in [3.63, 3.8) is 0 Å². The molecule has 2 heterocycles. The van der Waals surface area contributed by atoms with E-state index in [0.717, 1.165) is 47.1 Å². The van der Waals surface area contributed by atoms with Gasteiger partial charge in [0, 0.05) is 18.4 Å². The first kappa shape index (κ1) is 16.6. The lowest BCUT2D eigenvalue weighted by Crippen LogP contribution is -2.10. The summed E-state index contributed by atoms with van der Waals surface area (Å²) in [6.07, 6.45) is 1.85. The fraction of sp³-hybridized carbons (Fsp3) is 0.273. The summed E-state index contributed by atoms with van der Waals surface area (Å²) in [5, 5.41) is 1.12. The lowest BCUT2D eigenvalue weighted by Gasteiger charge is -2.13. The van der Waals surface area contributed by atoms with Crippen LogP contribution >= 0.6 is 0 Å². The normalized spacial score (nSPS) is 11.7. The molecule has 0 unspecified atom stereocenters. The molecule has 4 nitrogen and oxygen atoms in total. The molecule has 0 saturated heterocycles. The Morgan fingerprint density at radius 2 is 1.65 bits per heavy atom. The number of hydrogen-bond donors (Lipinski definition) is 1. The van der Waals surface area contributed by atoms with Gasteiger partial charge in [0.2, 0.25) is 0 Å². The van der Waals surface area contributed by atoms with Gasteiger partial charge in [-0.05, 0) is 24.0 Å². The number of para-hydroxylation sites is 1. The van der Waals surface area contributed by atoms with Gasteiger partial charge in [0.25, 0.3) is 0 Å². The number of aromatic nitrogens is 3. The second-order valence-electron chi connectivity index (χ2n) is 7.23. The van der Waals surface area contributed by atoms with Gasteiger partial charge >= 0.3 is 0 Å². The number of aryl methyl sites for hydroxylation is 2. The molecule has 0 aliphatic heterocycles. The number of nitrogen functional groups attached to an aromatic ring is 1. The average molecular weight is 344 g/mol. The Morgan fingerprint density at radius 3 is 2.42 bits per heavy atom. The van der Waals surface area contributed by atoms with Crippen LogP contribution in [0.2, 0.25) is 0 Å². The highest BCUT2D eigenvalue weighted by Gasteiger charge is 2.17. The fourth-order valence-electron chi connectivity index (χ4n) is 3.56. The van der Waals surface area contributed by atoms with Crippen molar-refractivity contribution in [3.05, 3.63) is 66.0 Å². The Hall–Kier alpha value is -2.88. The topological polar surface area (TPSA) is 56.7 Å². The predicted molar refractivity (Wildman–Crippen MR) is 108 cm³/mol. The summed E-state index contributed by atoms with van der Waals surface area (Å²) < 4.78 is 2.35. The van der Waals surface area contributed by atoms with E-state index < -0.39 is 0 Å². The Bertz CT molecular complexity index is 1050. The molecule has 0 fully saturated rings. The van der Waals surface area contributed by atoms with Crippen LogP contribution in [-0.4, -0.2) is 14.5 Å². The smallest absolute Gasteiger partial charge is 0.152 e. The summed E-state index contributed by atoms with van der Waals surface area (Å²) in [5.74, 6) is 2.13. The third-order valence-corrected chi connectivity index (χ3v) is 4.72. The molecular formula is C22H24N4. The van der Waals surface area contributed by atoms with E-state index in [1.807, 2.05) is 12.1 Å². The van der Waals surface area contributed by atoms with Crippen molar-refractivity contribution in [3.8, 4) is 0 Å². The molecule has 4 aromatic rings. The van der Waals surface area contributed by atoms with Crippen molar-refractivity contribution in [1.82, 2.24) is 14.5 Å². The molecule has 0 aliphatic carbocycles. The molecule has 0 saturated carbocycles. The SMILES string of the molecule is CC(C)Cn1c(CCc2ccccc2)nc2c(N)nc3ccccc3c21. The van der Waals surface area contributed by atoms with Gasteiger partial charge in [-0.15, -0.1) is 0 Å². The largest absolute Gasteiger partial charge is 0.382 e. The monoisotopic (exact) mass is 344 g/mol. The van der Waals surface area contributed by atoms with Crippen molar-refractivity contribution >= 4 is 27.8 Å². The number of pyridine rings is 1. The van der Waals surface area contributed by atoms with Crippen LogP contribution in [0.3, 0.4) is 0 Å². The highest BCUT2D eigenvalue weighted by Crippen LogP contribution is 2.29. The number of hydrogen-bond acceptors (Lipinski definition) is 3. The number of fused-ring (bicyclic) bond motifs is 3. The van der Waals surface area contributed by atoms with Crippen molar-refractivity contribution < 1.29 is 0 Å². The molecule has 2 N–H and O–H groups in total. The minimum atomic E-state index is 0.516. The van der Waals surface area contributed by atoms with Crippen molar-refractivity contribution in [2.75, 3.05) is 5.73 Å². The van der Waals surface area contributed by atoms with E-state index in [1.54, 1.807) is 0 Å². The van der Waals surface area contributed by atoms with Crippen LogP contribution in [0.25, 0.3) is 21.9 Å². The predicted octanol–water partition coefficient (Wildman–Crippen LogP) is 4.61. The second-order valence-corrected chi connectivity index (χ2v) is 7.23. The molecule has 2 aromatic heterocycles. The van der Waals surface area contributed by atoms with E-state index in [0.29, 0.717) is 11.7 Å². The summed E-state index contributed by atoms with van der Waals surface area (Å²) in [6.45, 7) is 5.40. The number of nitrogens with two attached hydrogens (primary N) is 1. The van der Waals surface area contributed by atoms with Gasteiger partial charge in [0.1, 0.15) is 11.3 Å². The van der Waals surface area contributed by atoms with E-state index in [1.165, 1.54) is 5.56 Å². The quantitative estimate of drug-likeness (QED) is 0.575. The Kier molecular flexibility index (Phi) is 4.33.